The van der Waals surface area contributed by atoms with E-state index < -0.39 is 11.9 Å². The monoisotopic (exact) mass is 461 g/mol. The molecule has 0 saturated heterocycles. The first-order valence-electron chi connectivity index (χ1n) is 9.00. The van der Waals surface area contributed by atoms with Gasteiger partial charge in [-0.3, -0.25) is 9.59 Å². The first-order chi connectivity index (χ1) is 13.7. The fourth-order valence-corrected chi connectivity index (χ4v) is 3.00. The number of nitrogens with one attached hydrogen (secondary N) is 2. The number of carbonyl (C=O) groups is 2. The molecule has 1 unspecified atom stereocenters. The van der Waals surface area contributed by atoms with Crippen molar-refractivity contribution in [1.29, 1.82) is 0 Å². The molecule has 0 heterocycles. The standard InChI is InChI=1S/C21H24BrN3O4/c1-12(2)18(24-20(27)14-7-5-13(3)6-8-14)21(28)25-23-11-15-9-16(22)10-17(29-4)19(15)26/h5-12,18,26H,1-4H3,(H,24,27)(H,25,28)/b23-11+. The van der Waals surface area contributed by atoms with Crippen molar-refractivity contribution in [3.05, 3.63) is 57.6 Å². The zero-order chi connectivity index (χ0) is 21.6. The van der Waals surface area contributed by atoms with Gasteiger partial charge in [-0.05, 0) is 37.1 Å². The van der Waals surface area contributed by atoms with Crippen molar-refractivity contribution in [3.8, 4) is 11.5 Å². The molecule has 2 rings (SSSR count). The number of methoxy groups -OCH3 is 1. The Kier molecular flexibility index (Phi) is 7.78. The predicted molar refractivity (Wildman–Crippen MR) is 115 cm³/mol. The summed E-state index contributed by atoms with van der Waals surface area (Å²) in [5.74, 6) is -0.770. The first kappa shape index (κ1) is 22.4. The lowest BCUT2D eigenvalue weighted by molar-refractivity contribution is -0.123. The summed E-state index contributed by atoms with van der Waals surface area (Å²) in [6.07, 6.45) is 1.31. The van der Waals surface area contributed by atoms with E-state index >= 15 is 0 Å². The van der Waals surface area contributed by atoms with Gasteiger partial charge < -0.3 is 15.2 Å². The number of phenolic OH excluding ortho intramolecular Hbond substituents is 1. The smallest absolute Gasteiger partial charge is 0.262 e. The number of hydrogen-bond donors (Lipinski definition) is 3. The van der Waals surface area contributed by atoms with E-state index in [2.05, 4.69) is 31.8 Å². The van der Waals surface area contributed by atoms with E-state index in [0.29, 0.717) is 15.6 Å². The van der Waals surface area contributed by atoms with Gasteiger partial charge in [0.2, 0.25) is 0 Å². The summed E-state index contributed by atoms with van der Waals surface area (Å²) in [5.41, 5.74) is 4.29. The lowest BCUT2D eigenvalue weighted by Gasteiger charge is -2.20. The first-order valence-corrected chi connectivity index (χ1v) is 9.79. The highest BCUT2D eigenvalue weighted by atomic mass is 79.9. The van der Waals surface area contributed by atoms with Crippen LogP contribution in [0.1, 0.15) is 35.3 Å². The van der Waals surface area contributed by atoms with Crippen LogP contribution in [0.3, 0.4) is 0 Å². The minimum Gasteiger partial charge on any atom is -0.504 e. The number of nitrogens with zero attached hydrogens (tertiary/aromatic N) is 1. The molecule has 0 saturated carbocycles. The zero-order valence-corrected chi connectivity index (χ0v) is 18.3. The Labute approximate surface area is 178 Å². The summed E-state index contributed by atoms with van der Waals surface area (Å²) < 4.78 is 5.77. The number of ether oxygens (including phenoxy) is 1. The predicted octanol–water partition coefficient (Wildman–Crippen LogP) is 3.38. The van der Waals surface area contributed by atoms with Gasteiger partial charge in [0, 0.05) is 15.6 Å². The number of benzene rings is 2. The highest BCUT2D eigenvalue weighted by molar-refractivity contribution is 9.10. The number of hydrazone groups is 1. The van der Waals surface area contributed by atoms with Gasteiger partial charge in [-0.2, -0.15) is 5.10 Å². The molecule has 0 aliphatic rings. The molecule has 0 fully saturated rings. The summed E-state index contributed by atoms with van der Waals surface area (Å²) in [6.45, 7) is 5.59. The molecule has 2 aromatic rings. The van der Waals surface area contributed by atoms with E-state index in [4.69, 9.17) is 4.74 Å². The molecule has 0 spiro atoms. The molecule has 3 N–H and O–H groups in total. The topological polar surface area (TPSA) is 100 Å². The molecule has 0 aliphatic heterocycles. The van der Waals surface area contributed by atoms with Crippen LogP contribution in [0.5, 0.6) is 11.5 Å². The van der Waals surface area contributed by atoms with Gasteiger partial charge in [0.25, 0.3) is 11.8 Å². The van der Waals surface area contributed by atoms with Crippen LogP contribution in [0.2, 0.25) is 0 Å². The van der Waals surface area contributed by atoms with E-state index in [1.54, 1.807) is 24.3 Å². The van der Waals surface area contributed by atoms with Crippen LogP contribution in [0.4, 0.5) is 0 Å². The molecule has 7 nitrogen and oxygen atoms in total. The second-order valence-electron chi connectivity index (χ2n) is 6.84. The van der Waals surface area contributed by atoms with E-state index in [-0.39, 0.29) is 23.3 Å². The average Bonchev–Trinajstić information content (AvgIpc) is 2.68. The Balaban J connectivity index is 2.08. The number of halogens is 1. The average molecular weight is 462 g/mol. The Morgan fingerprint density at radius 2 is 1.86 bits per heavy atom. The van der Waals surface area contributed by atoms with Crippen molar-refractivity contribution < 1.29 is 19.4 Å². The van der Waals surface area contributed by atoms with Crippen molar-refractivity contribution in [2.24, 2.45) is 11.0 Å². The molecule has 0 aliphatic carbocycles. The third-order valence-electron chi connectivity index (χ3n) is 4.22. The van der Waals surface area contributed by atoms with E-state index in [1.807, 2.05) is 32.9 Å². The summed E-state index contributed by atoms with van der Waals surface area (Å²) in [7, 11) is 1.44. The van der Waals surface area contributed by atoms with Crippen LogP contribution in [-0.4, -0.2) is 36.3 Å². The van der Waals surface area contributed by atoms with Gasteiger partial charge in [0.15, 0.2) is 11.5 Å². The Morgan fingerprint density at radius 3 is 2.45 bits per heavy atom. The highest BCUT2D eigenvalue weighted by Crippen LogP contribution is 2.32. The molecule has 2 aromatic carbocycles. The lowest BCUT2D eigenvalue weighted by atomic mass is 10.0. The molecular formula is C21H24BrN3O4. The zero-order valence-electron chi connectivity index (χ0n) is 16.7. The van der Waals surface area contributed by atoms with Crippen LogP contribution in [0.15, 0.2) is 46.0 Å². The molecule has 2 amide bonds. The molecule has 1 atom stereocenters. The summed E-state index contributed by atoms with van der Waals surface area (Å²) in [6, 6.07) is 9.56. The highest BCUT2D eigenvalue weighted by Gasteiger charge is 2.24. The van der Waals surface area contributed by atoms with Gasteiger partial charge in [-0.15, -0.1) is 0 Å². The quantitative estimate of drug-likeness (QED) is 0.434. The number of hydrogen-bond acceptors (Lipinski definition) is 5. The number of phenols is 1. The number of aryl methyl sites for hydroxylation is 1. The van der Waals surface area contributed by atoms with Crippen molar-refractivity contribution in [2.45, 2.75) is 26.8 Å². The second-order valence-corrected chi connectivity index (χ2v) is 7.76. The van der Waals surface area contributed by atoms with E-state index in [1.165, 1.54) is 13.3 Å². The normalized spacial score (nSPS) is 12.1. The Morgan fingerprint density at radius 1 is 1.21 bits per heavy atom. The molecular weight excluding hydrogens is 438 g/mol. The van der Waals surface area contributed by atoms with Crippen molar-refractivity contribution in [3.63, 3.8) is 0 Å². The molecule has 0 aromatic heterocycles. The van der Waals surface area contributed by atoms with Crippen LogP contribution in [0.25, 0.3) is 0 Å². The maximum atomic E-state index is 12.5. The maximum absolute atomic E-state index is 12.5. The fourth-order valence-electron chi connectivity index (χ4n) is 2.55. The van der Waals surface area contributed by atoms with Crippen LogP contribution in [-0.2, 0) is 4.79 Å². The second kappa shape index (κ2) is 10.1. The van der Waals surface area contributed by atoms with Crippen molar-refractivity contribution in [1.82, 2.24) is 10.7 Å². The Bertz CT molecular complexity index is 911. The van der Waals surface area contributed by atoms with Crippen LogP contribution >= 0.6 is 15.9 Å². The number of aromatic hydroxyl groups is 1. The lowest BCUT2D eigenvalue weighted by Crippen LogP contribution is -2.48. The van der Waals surface area contributed by atoms with E-state index in [0.717, 1.165) is 5.56 Å². The number of carbonyl (C=O) groups excluding carboxylic acids is 2. The largest absolute Gasteiger partial charge is 0.504 e. The SMILES string of the molecule is COc1cc(Br)cc(/C=N/NC(=O)C(NC(=O)c2ccc(C)cc2)C(C)C)c1O. The van der Waals surface area contributed by atoms with Gasteiger partial charge in [0.1, 0.15) is 6.04 Å². The molecule has 29 heavy (non-hydrogen) atoms. The summed E-state index contributed by atoms with van der Waals surface area (Å²) in [5, 5.41) is 16.8. The number of rotatable bonds is 7. The third-order valence-corrected chi connectivity index (χ3v) is 4.67. The molecule has 0 bridgehead atoms. The van der Waals surface area contributed by atoms with E-state index in [9.17, 15) is 14.7 Å². The Hall–Kier alpha value is -2.87. The fraction of sp³-hybridized carbons (Fsp3) is 0.286. The molecule has 0 radical (unpaired) electrons. The van der Waals surface area contributed by atoms with Crippen LogP contribution in [0, 0.1) is 12.8 Å². The van der Waals surface area contributed by atoms with Crippen LogP contribution < -0.4 is 15.5 Å². The van der Waals surface area contributed by atoms with Gasteiger partial charge in [-0.25, -0.2) is 5.43 Å². The maximum Gasteiger partial charge on any atom is 0.262 e. The summed E-state index contributed by atoms with van der Waals surface area (Å²) >= 11 is 3.32. The summed E-state index contributed by atoms with van der Waals surface area (Å²) in [4.78, 5) is 25.0. The van der Waals surface area contributed by atoms with Crippen molar-refractivity contribution >= 4 is 34.0 Å². The molecule has 154 valence electrons. The van der Waals surface area contributed by atoms with Gasteiger partial charge >= 0.3 is 0 Å². The molecule has 8 heteroatoms. The minimum absolute atomic E-state index is 0.0956. The van der Waals surface area contributed by atoms with Gasteiger partial charge in [0.05, 0.1) is 13.3 Å². The minimum atomic E-state index is -0.772. The van der Waals surface area contributed by atoms with Crippen molar-refractivity contribution in [2.75, 3.05) is 7.11 Å². The third kappa shape index (κ3) is 6.05. The number of amides is 2. The van der Waals surface area contributed by atoms with Gasteiger partial charge in [-0.1, -0.05) is 47.5 Å².